The molecule has 3 nitrogen and oxygen atoms in total. The van der Waals surface area contributed by atoms with E-state index in [2.05, 4.69) is 13.8 Å². The van der Waals surface area contributed by atoms with E-state index in [-0.39, 0.29) is 5.78 Å². The number of ether oxygens (including phenoxy) is 2. The number of unbranched alkanes of at least 4 members (excludes halogenated alkanes) is 2. The second-order valence-electron chi connectivity index (χ2n) is 5.46. The van der Waals surface area contributed by atoms with Gasteiger partial charge in [-0.1, -0.05) is 44.4 Å². The van der Waals surface area contributed by atoms with Crippen molar-refractivity contribution in [1.82, 2.24) is 0 Å². The third-order valence-corrected chi connectivity index (χ3v) is 3.41. The molecule has 0 saturated carbocycles. The zero-order valence-electron chi connectivity index (χ0n) is 13.8. The second kappa shape index (κ2) is 9.69. The van der Waals surface area contributed by atoms with Gasteiger partial charge in [0.05, 0.1) is 13.2 Å². The minimum absolute atomic E-state index is 0.0663. The van der Waals surface area contributed by atoms with Gasteiger partial charge < -0.3 is 9.47 Å². The molecular weight excluding hydrogens is 264 g/mol. The molecule has 0 atom stereocenters. The molecule has 0 aliphatic carbocycles. The summed E-state index contributed by atoms with van der Waals surface area (Å²) < 4.78 is 11.3. The quantitative estimate of drug-likeness (QED) is 0.363. The van der Waals surface area contributed by atoms with Crippen molar-refractivity contribution in [2.75, 3.05) is 13.2 Å². The Bertz CT molecular complexity index is 430. The van der Waals surface area contributed by atoms with E-state index >= 15 is 0 Å². The predicted octanol–water partition coefficient (Wildman–Crippen LogP) is 4.45. The smallest absolute Gasteiger partial charge is 0.222 e. The molecule has 0 aliphatic rings. The molecular formula is C18H28O3. The summed E-state index contributed by atoms with van der Waals surface area (Å²) in [5.41, 5.74) is 2.74. The van der Waals surface area contributed by atoms with Crippen LogP contribution in [0.3, 0.4) is 0 Å². The van der Waals surface area contributed by atoms with Crippen LogP contribution in [0.2, 0.25) is 0 Å². The standard InChI is InChI=1S/C18H28O3/c1-5-7-11-20-18(21-12-8-6-2)17(19)16-13-14(3)9-10-15(16)4/h9-10,13,18H,5-8,11-12H2,1-4H3. The fourth-order valence-corrected chi connectivity index (χ4v) is 2.00. The Morgan fingerprint density at radius 1 is 1.05 bits per heavy atom. The fourth-order valence-electron chi connectivity index (χ4n) is 2.00. The van der Waals surface area contributed by atoms with Crippen LogP contribution in [0.25, 0.3) is 0 Å². The van der Waals surface area contributed by atoms with Crippen molar-refractivity contribution in [2.24, 2.45) is 0 Å². The summed E-state index contributed by atoms with van der Waals surface area (Å²) in [5.74, 6) is -0.0663. The first-order valence-corrected chi connectivity index (χ1v) is 7.94. The largest absolute Gasteiger partial charge is 0.346 e. The molecule has 21 heavy (non-hydrogen) atoms. The van der Waals surface area contributed by atoms with Crippen molar-refractivity contribution >= 4 is 5.78 Å². The number of ketones is 1. The van der Waals surface area contributed by atoms with E-state index in [1.807, 2.05) is 32.0 Å². The highest BCUT2D eigenvalue weighted by atomic mass is 16.7. The van der Waals surface area contributed by atoms with Gasteiger partial charge in [0.2, 0.25) is 12.1 Å². The van der Waals surface area contributed by atoms with E-state index < -0.39 is 6.29 Å². The van der Waals surface area contributed by atoms with E-state index in [0.717, 1.165) is 36.8 Å². The summed E-state index contributed by atoms with van der Waals surface area (Å²) in [7, 11) is 0. The van der Waals surface area contributed by atoms with Gasteiger partial charge >= 0.3 is 0 Å². The average Bonchev–Trinajstić information content (AvgIpc) is 2.48. The number of rotatable bonds is 10. The first-order chi connectivity index (χ1) is 10.1. The molecule has 1 aromatic carbocycles. The number of carbonyl (C=O) groups excluding carboxylic acids is 1. The minimum atomic E-state index is -0.774. The topological polar surface area (TPSA) is 35.5 Å². The van der Waals surface area contributed by atoms with Crippen molar-refractivity contribution in [1.29, 1.82) is 0 Å². The molecule has 0 amide bonds. The Morgan fingerprint density at radius 2 is 1.62 bits per heavy atom. The van der Waals surface area contributed by atoms with Crippen LogP contribution in [0.5, 0.6) is 0 Å². The number of Topliss-reactive ketones (excluding diaryl/α,β-unsaturated/α-hetero) is 1. The summed E-state index contributed by atoms with van der Waals surface area (Å²) in [6.45, 7) is 9.25. The van der Waals surface area contributed by atoms with Crippen molar-refractivity contribution < 1.29 is 14.3 Å². The SMILES string of the molecule is CCCCOC(OCCCC)C(=O)c1cc(C)ccc1C. The Balaban J connectivity index is 2.79. The van der Waals surface area contributed by atoms with E-state index in [4.69, 9.17) is 9.47 Å². The summed E-state index contributed by atoms with van der Waals surface area (Å²) in [6.07, 6.45) is 3.18. The predicted molar refractivity (Wildman–Crippen MR) is 85.8 cm³/mol. The lowest BCUT2D eigenvalue weighted by atomic mass is 10.0. The van der Waals surface area contributed by atoms with Crippen LogP contribution in [0, 0.1) is 13.8 Å². The molecule has 3 heteroatoms. The fraction of sp³-hybridized carbons (Fsp3) is 0.611. The highest BCUT2D eigenvalue weighted by molar-refractivity contribution is 6.00. The highest BCUT2D eigenvalue weighted by Crippen LogP contribution is 2.16. The van der Waals surface area contributed by atoms with E-state index in [0.29, 0.717) is 18.8 Å². The van der Waals surface area contributed by atoms with Crippen molar-refractivity contribution in [3.05, 3.63) is 34.9 Å². The molecule has 0 aliphatic heterocycles. The summed E-state index contributed by atoms with van der Waals surface area (Å²) in [5, 5.41) is 0. The number of benzene rings is 1. The van der Waals surface area contributed by atoms with Gasteiger partial charge in [-0.3, -0.25) is 4.79 Å². The molecule has 0 N–H and O–H groups in total. The summed E-state index contributed by atoms with van der Waals surface area (Å²) in [6, 6.07) is 5.89. The number of carbonyl (C=O) groups is 1. The van der Waals surface area contributed by atoms with Gasteiger partial charge in [-0.05, 0) is 38.3 Å². The molecule has 118 valence electrons. The average molecular weight is 292 g/mol. The highest BCUT2D eigenvalue weighted by Gasteiger charge is 2.23. The van der Waals surface area contributed by atoms with Gasteiger partial charge in [-0.15, -0.1) is 0 Å². The molecule has 0 radical (unpaired) electrons. The second-order valence-corrected chi connectivity index (χ2v) is 5.46. The Hall–Kier alpha value is -1.19. The number of hydrogen-bond acceptors (Lipinski definition) is 3. The van der Waals surface area contributed by atoms with Gasteiger partial charge in [0.25, 0.3) is 0 Å². The molecule has 0 bridgehead atoms. The zero-order valence-corrected chi connectivity index (χ0v) is 13.8. The van der Waals surface area contributed by atoms with Crippen LogP contribution in [0.4, 0.5) is 0 Å². The summed E-state index contributed by atoms with van der Waals surface area (Å²) in [4.78, 5) is 12.7. The van der Waals surface area contributed by atoms with E-state index in [9.17, 15) is 4.79 Å². The molecule has 0 aromatic heterocycles. The molecule has 1 rings (SSSR count). The monoisotopic (exact) mass is 292 g/mol. The van der Waals surface area contributed by atoms with Crippen molar-refractivity contribution in [2.45, 2.75) is 59.7 Å². The van der Waals surface area contributed by atoms with Gasteiger partial charge in [0.1, 0.15) is 0 Å². The molecule has 0 spiro atoms. The Labute approximate surface area is 128 Å². The van der Waals surface area contributed by atoms with Crippen molar-refractivity contribution in [3.8, 4) is 0 Å². The number of hydrogen-bond donors (Lipinski definition) is 0. The third kappa shape index (κ3) is 5.98. The lowest BCUT2D eigenvalue weighted by Gasteiger charge is -2.18. The van der Waals surface area contributed by atoms with Gasteiger partial charge in [0, 0.05) is 5.56 Å². The zero-order chi connectivity index (χ0) is 15.7. The first kappa shape index (κ1) is 17.9. The Kier molecular flexibility index (Phi) is 8.24. The molecule has 1 aromatic rings. The normalized spacial score (nSPS) is 11.1. The molecule has 0 fully saturated rings. The van der Waals surface area contributed by atoms with Gasteiger partial charge in [-0.2, -0.15) is 0 Å². The third-order valence-electron chi connectivity index (χ3n) is 3.41. The van der Waals surface area contributed by atoms with Crippen LogP contribution >= 0.6 is 0 Å². The maximum Gasteiger partial charge on any atom is 0.222 e. The van der Waals surface area contributed by atoms with Crippen LogP contribution in [0.1, 0.15) is 61.0 Å². The lowest BCUT2D eigenvalue weighted by molar-refractivity contribution is -0.115. The molecule has 0 heterocycles. The maximum atomic E-state index is 12.7. The molecule has 0 saturated heterocycles. The van der Waals surface area contributed by atoms with Gasteiger partial charge in [-0.25, -0.2) is 0 Å². The Morgan fingerprint density at radius 3 is 2.14 bits per heavy atom. The van der Waals surface area contributed by atoms with Crippen LogP contribution < -0.4 is 0 Å². The van der Waals surface area contributed by atoms with Crippen molar-refractivity contribution in [3.63, 3.8) is 0 Å². The molecule has 0 unspecified atom stereocenters. The van der Waals surface area contributed by atoms with Gasteiger partial charge in [0.15, 0.2) is 0 Å². The van der Waals surface area contributed by atoms with Crippen LogP contribution in [-0.4, -0.2) is 25.3 Å². The van der Waals surface area contributed by atoms with Crippen LogP contribution in [0.15, 0.2) is 18.2 Å². The minimum Gasteiger partial charge on any atom is -0.346 e. The first-order valence-electron chi connectivity index (χ1n) is 7.94. The van der Waals surface area contributed by atoms with E-state index in [1.165, 1.54) is 0 Å². The maximum absolute atomic E-state index is 12.7. The van der Waals surface area contributed by atoms with Crippen LogP contribution in [-0.2, 0) is 9.47 Å². The summed E-state index contributed by atoms with van der Waals surface area (Å²) >= 11 is 0. The lowest BCUT2D eigenvalue weighted by Crippen LogP contribution is -2.29. The van der Waals surface area contributed by atoms with E-state index in [1.54, 1.807) is 0 Å². The number of aryl methyl sites for hydroxylation is 2.